The zero-order valence-corrected chi connectivity index (χ0v) is 47.1. The maximum absolute atomic E-state index is 12.2. The van der Waals surface area contributed by atoms with Crippen LogP contribution in [0.3, 0.4) is 0 Å². The molecule has 18 nitrogen and oxygen atoms in total. The number of hydrogen-bond acceptors (Lipinski definition) is 18. The van der Waals surface area contributed by atoms with Crippen LogP contribution in [0.5, 0.6) is 0 Å². The number of aliphatic hydroxyl groups is 3. The average molecular weight is 1020 g/mol. The van der Waals surface area contributed by atoms with Crippen LogP contribution in [0.2, 0.25) is 0 Å². The van der Waals surface area contributed by atoms with E-state index in [1.54, 1.807) is 28.1 Å². The number of hydrogen-bond donors (Lipinski definition) is 3. The van der Waals surface area contributed by atoms with Gasteiger partial charge in [0.05, 0.1) is 84.4 Å². The van der Waals surface area contributed by atoms with Crippen molar-refractivity contribution >= 4 is 5.97 Å². The first-order valence-electron chi connectivity index (χ1n) is 26.5. The third-order valence-electron chi connectivity index (χ3n) is 18.4. The zero-order chi connectivity index (χ0) is 50.9. The molecule has 0 amide bonds. The first kappa shape index (κ1) is 58.5. The molecule has 8 rings (SSSR count). The third kappa shape index (κ3) is 11.8. The van der Waals surface area contributed by atoms with E-state index >= 15 is 0 Å². The summed E-state index contributed by atoms with van der Waals surface area (Å²) in [6.07, 6.45) is -1.81. The number of carbonyl (C=O) groups is 1. The molecule has 0 aromatic rings. The Bertz CT molecular complexity index is 1780. The van der Waals surface area contributed by atoms with Crippen molar-refractivity contribution in [3.63, 3.8) is 0 Å². The first-order valence-corrected chi connectivity index (χ1v) is 26.5. The summed E-state index contributed by atoms with van der Waals surface area (Å²) in [4.78, 5) is 12.2. The minimum atomic E-state index is -2.18. The molecule has 3 N–H and O–H groups in total. The van der Waals surface area contributed by atoms with Crippen molar-refractivity contribution in [2.75, 3.05) is 21.3 Å². The number of carboxylic acid groups (broad SMARTS) is 1. The van der Waals surface area contributed by atoms with Crippen LogP contribution >= 0.6 is 0 Å². The molecular formula is C52H87NaO18. The molecule has 0 aromatic carbocycles. The molecule has 0 aromatic heterocycles. The van der Waals surface area contributed by atoms with Crippen LogP contribution in [0, 0.1) is 29.6 Å². The standard InChI is InChI=1S/C52H88O18.Na/c1-26-22-27(2)50(10,56)67-42(26)36-23-37(63-40-16-14-34(58-11)31(6)61-40)47(64-36)49(9)19-18-38(66-49)48(8)20-21-51(70-48)24-33(53)28(3)43(68-51)29(4)44-46(60-13)45(30(5)52(57,69-44)25-39(54)55)65-41-17-15-35(59-12)32(7)62-41;/h26-38,40-47,53,56-57H,14-25H2,1-13H3,(H,54,55);/q;+1/p-1/t26-,27+,28+,29+,30-,31+,32+,33-,34-,35-,36+,37-,38+,40-,41-,42-,43-,44-,45-,46-,47+,48-,49-,50-,51+,52+;/m0./s1. The average Bonchev–Trinajstić information content (AvgIpc) is 4.01. The molecule has 8 fully saturated rings. The maximum Gasteiger partial charge on any atom is 1.00 e. The monoisotopic (exact) mass is 1020 g/mol. The van der Waals surface area contributed by atoms with Gasteiger partial charge in [0.15, 0.2) is 29.9 Å². The Labute approximate surface area is 444 Å². The van der Waals surface area contributed by atoms with E-state index in [4.69, 9.17) is 61.6 Å². The summed E-state index contributed by atoms with van der Waals surface area (Å²) >= 11 is 0. The van der Waals surface area contributed by atoms with Crippen LogP contribution in [0.4, 0.5) is 0 Å². The maximum atomic E-state index is 12.2. The van der Waals surface area contributed by atoms with Crippen LogP contribution in [0.25, 0.3) is 0 Å². The molecule has 0 aliphatic carbocycles. The van der Waals surface area contributed by atoms with Crippen LogP contribution in [-0.4, -0.2) is 169 Å². The molecule has 8 saturated heterocycles. The summed E-state index contributed by atoms with van der Waals surface area (Å²) in [6, 6.07) is 0. The van der Waals surface area contributed by atoms with Crippen molar-refractivity contribution in [1.82, 2.24) is 0 Å². The largest absolute Gasteiger partial charge is 1.00 e. The summed E-state index contributed by atoms with van der Waals surface area (Å²) in [5, 5.41) is 47.4. The number of aliphatic hydroxyl groups excluding tert-OH is 1. The first-order chi connectivity index (χ1) is 32.9. The molecule has 404 valence electrons. The van der Waals surface area contributed by atoms with Gasteiger partial charge in [-0.05, 0) is 79.1 Å². The molecule has 26 atom stereocenters. The molecule has 71 heavy (non-hydrogen) atoms. The van der Waals surface area contributed by atoms with Gasteiger partial charge in [-0.15, -0.1) is 0 Å². The van der Waals surface area contributed by atoms with E-state index in [0.717, 1.165) is 12.8 Å². The SMILES string of the molecule is CO[C@@H]1[C@@H](O[C@H]2CC[C@H](OC)[C@@H](C)O2)[C@H](C)[C@@](O)(CC(=O)[O-])O[C@H]1[C@H](C)[C@H]1O[C@@]2(CC[C@@](C)([C@H]3CC[C@@](C)([C@@H]4O[C@@H]([C@H]5O[C@](C)(O)[C@H](C)C[C@@H]5C)C[C@@H]4O[C@H]4CC[C@H](OC)[C@@H](C)O4)O3)O2)C[C@H](O)[C@H]1C.[Na+]. The fraction of sp³-hybridized carbons (Fsp3) is 0.981. The molecule has 0 radical (unpaired) electrons. The van der Waals surface area contributed by atoms with Gasteiger partial charge >= 0.3 is 29.6 Å². The Morgan fingerprint density at radius 1 is 0.718 bits per heavy atom. The summed E-state index contributed by atoms with van der Waals surface area (Å²) in [6.45, 7) is 19.5. The Balaban J connectivity index is 0.00000741. The van der Waals surface area contributed by atoms with Gasteiger partial charge in [0.2, 0.25) is 0 Å². The van der Waals surface area contributed by atoms with E-state index in [1.807, 2.05) is 34.6 Å². The molecular weight excluding hydrogens is 936 g/mol. The number of methoxy groups -OCH3 is 3. The van der Waals surface area contributed by atoms with Gasteiger partial charge in [-0.1, -0.05) is 34.6 Å². The van der Waals surface area contributed by atoms with Crippen molar-refractivity contribution in [3.8, 4) is 0 Å². The van der Waals surface area contributed by atoms with Crippen LogP contribution in [-0.2, 0) is 66.4 Å². The van der Waals surface area contributed by atoms with E-state index in [9.17, 15) is 25.2 Å². The predicted molar refractivity (Wildman–Crippen MR) is 247 cm³/mol. The van der Waals surface area contributed by atoms with E-state index in [2.05, 4.69) is 20.8 Å². The van der Waals surface area contributed by atoms with Gasteiger partial charge in [0.1, 0.15) is 12.2 Å². The Morgan fingerprint density at radius 2 is 1.35 bits per heavy atom. The van der Waals surface area contributed by atoms with Gasteiger partial charge < -0.3 is 86.8 Å². The van der Waals surface area contributed by atoms with Gasteiger partial charge in [0.25, 0.3) is 0 Å². The minimum Gasteiger partial charge on any atom is -0.550 e. The Morgan fingerprint density at radius 3 is 1.94 bits per heavy atom. The second-order valence-electron chi connectivity index (χ2n) is 23.4. The quantitative estimate of drug-likeness (QED) is 0.209. The van der Waals surface area contributed by atoms with Gasteiger partial charge in [0, 0.05) is 89.5 Å². The summed E-state index contributed by atoms with van der Waals surface area (Å²) in [7, 11) is 4.89. The molecule has 8 heterocycles. The Kier molecular flexibility index (Phi) is 18.7. The number of carbonyl (C=O) groups excluding carboxylic acids is 1. The van der Waals surface area contributed by atoms with E-state index in [1.165, 1.54) is 7.11 Å². The van der Waals surface area contributed by atoms with E-state index in [-0.39, 0.29) is 96.6 Å². The van der Waals surface area contributed by atoms with Gasteiger partial charge in [-0.2, -0.15) is 0 Å². The third-order valence-corrected chi connectivity index (χ3v) is 18.4. The van der Waals surface area contributed by atoms with Gasteiger partial charge in [-0.3, -0.25) is 0 Å². The second kappa shape index (κ2) is 22.7. The van der Waals surface area contributed by atoms with Crippen LogP contribution in [0.15, 0.2) is 0 Å². The van der Waals surface area contributed by atoms with Crippen molar-refractivity contribution in [2.45, 2.75) is 273 Å². The topological polar surface area (TPSA) is 221 Å². The summed E-state index contributed by atoms with van der Waals surface area (Å²) in [5.74, 6) is -7.88. The fourth-order valence-electron chi connectivity index (χ4n) is 13.7. The summed E-state index contributed by atoms with van der Waals surface area (Å²) in [5.41, 5.74) is -1.60. The molecule has 0 bridgehead atoms. The molecule has 1 spiro atoms. The van der Waals surface area contributed by atoms with Crippen LogP contribution in [0.1, 0.15) is 146 Å². The molecule has 8 aliphatic rings. The van der Waals surface area contributed by atoms with Crippen molar-refractivity contribution in [3.05, 3.63) is 0 Å². The smallest absolute Gasteiger partial charge is 0.550 e. The van der Waals surface area contributed by atoms with Gasteiger partial charge in [-0.25, -0.2) is 0 Å². The van der Waals surface area contributed by atoms with E-state index < -0.39 is 108 Å². The van der Waals surface area contributed by atoms with E-state index in [0.29, 0.717) is 51.4 Å². The number of rotatable bonds is 14. The molecule has 0 saturated carbocycles. The number of aliphatic carboxylic acids is 1. The summed E-state index contributed by atoms with van der Waals surface area (Å²) < 4.78 is 84.8. The minimum absolute atomic E-state index is 0. The number of carboxylic acids is 1. The normalized spacial score (nSPS) is 53.1. The predicted octanol–water partition coefficient (Wildman–Crippen LogP) is 1.27. The van der Waals surface area contributed by atoms with Crippen molar-refractivity contribution < 1.29 is 116 Å². The molecule has 0 unspecified atom stereocenters. The van der Waals surface area contributed by atoms with Crippen LogP contribution < -0.4 is 34.7 Å². The molecule has 19 heteroatoms. The molecule has 8 aliphatic heterocycles. The van der Waals surface area contributed by atoms with Crippen molar-refractivity contribution in [2.24, 2.45) is 29.6 Å². The zero-order valence-electron chi connectivity index (χ0n) is 45.1. The van der Waals surface area contributed by atoms with Crippen molar-refractivity contribution in [1.29, 1.82) is 0 Å². The Hall–Kier alpha value is -0.170. The second-order valence-corrected chi connectivity index (χ2v) is 23.4. The fourth-order valence-corrected chi connectivity index (χ4v) is 13.7. The number of ether oxygens (including phenoxy) is 13.